The molecule has 3 aromatic carbocycles. The largest absolute Gasteiger partial charge is 0.356 e. The molecule has 3 rings (SSSR count). The van der Waals surface area contributed by atoms with E-state index in [1.165, 1.54) is 11.1 Å². The molecular weight excluding hydrogens is 304 g/mol. The van der Waals surface area contributed by atoms with Gasteiger partial charge in [-0.05, 0) is 62.4 Å². The molecule has 0 aliphatic rings. The minimum Gasteiger partial charge on any atom is -0.356 e. The molecule has 2 N–H and O–H groups in total. The molecule has 0 radical (unpaired) electrons. The first kappa shape index (κ1) is 22.3. The second-order valence-corrected chi connectivity index (χ2v) is 5.56. The van der Waals surface area contributed by atoms with Crippen molar-refractivity contribution in [3.63, 3.8) is 0 Å². The minimum absolute atomic E-state index is 0. The smallest absolute Gasteiger partial charge is 0.0385 e. The van der Waals surface area contributed by atoms with Gasteiger partial charge in [0.05, 0.1) is 0 Å². The normalized spacial score (nSPS) is 9.04. The maximum absolute atomic E-state index is 3.40. The SMILES string of the molecule is C.C.C.Cc1ccc(Nc2ccc(Nc3ccc(C)cc3)cc2)cc1. The van der Waals surface area contributed by atoms with Gasteiger partial charge in [0.1, 0.15) is 0 Å². The Morgan fingerprint density at radius 3 is 0.840 bits per heavy atom. The number of nitrogens with one attached hydrogen (secondary N) is 2. The van der Waals surface area contributed by atoms with Crippen molar-refractivity contribution in [3.05, 3.63) is 83.9 Å². The summed E-state index contributed by atoms with van der Waals surface area (Å²) in [6, 6.07) is 25.1. The van der Waals surface area contributed by atoms with Gasteiger partial charge in [-0.2, -0.15) is 0 Å². The predicted molar refractivity (Wildman–Crippen MR) is 116 cm³/mol. The van der Waals surface area contributed by atoms with Crippen molar-refractivity contribution in [2.24, 2.45) is 0 Å². The molecule has 0 saturated heterocycles. The van der Waals surface area contributed by atoms with E-state index in [2.05, 4.69) is 97.3 Å². The average Bonchev–Trinajstić information content (AvgIpc) is 2.54. The summed E-state index contributed by atoms with van der Waals surface area (Å²) in [5, 5.41) is 6.80. The molecule has 0 aliphatic carbocycles. The van der Waals surface area contributed by atoms with Crippen LogP contribution in [0.4, 0.5) is 22.7 Å². The molecule has 2 heteroatoms. The van der Waals surface area contributed by atoms with Gasteiger partial charge in [-0.25, -0.2) is 0 Å². The van der Waals surface area contributed by atoms with E-state index in [0.29, 0.717) is 0 Å². The van der Waals surface area contributed by atoms with E-state index in [9.17, 15) is 0 Å². The lowest BCUT2D eigenvalue weighted by atomic mass is 10.2. The van der Waals surface area contributed by atoms with Crippen LogP contribution < -0.4 is 10.6 Å². The fourth-order valence-corrected chi connectivity index (χ4v) is 2.24. The molecule has 25 heavy (non-hydrogen) atoms. The van der Waals surface area contributed by atoms with Crippen LogP contribution in [0.2, 0.25) is 0 Å². The summed E-state index contributed by atoms with van der Waals surface area (Å²) in [4.78, 5) is 0. The van der Waals surface area contributed by atoms with Crippen LogP contribution in [0.25, 0.3) is 0 Å². The van der Waals surface area contributed by atoms with Crippen molar-refractivity contribution in [2.45, 2.75) is 36.1 Å². The van der Waals surface area contributed by atoms with Crippen molar-refractivity contribution >= 4 is 22.7 Å². The van der Waals surface area contributed by atoms with Crippen molar-refractivity contribution in [1.29, 1.82) is 0 Å². The number of hydrogen-bond donors (Lipinski definition) is 2. The van der Waals surface area contributed by atoms with Gasteiger partial charge in [-0.15, -0.1) is 0 Å². The maximum Gasteiger partial charge on any atom is 0.0385 e. The Hall–Kier alpha value is -2.74. The zero-order chi connectivity index (χ0) is 15.4. The van der Waals surface area contributed by atoms with Crippen molar-refractivity contribution in [2.75, 3.05) is 10.6 Å². The molecule has 0 saturated carbocycles. The second kappa shape index (κ2) is 10.2. The molecular formula is C23H32N2. The number of hydrogen-bond acceptors (Lipinski definition) is 2. The highest BCUT2D eigenvalue weighted by Gasteiger charge is 1.97. The first-order chi connectivity index (χ1) is 10.7. The Kier molecular flexibility index (Phi) is 9.08. The van der Waals surface area contributed by atoms with Crippen molar-refractivity contribution in [3.8, 4) is 0 Å². The first-order valence-electron chi connectivity index (χ1n) is 7.46. The van der Waals surface area contributed by atoms with E-state index in [1.807, 2.05) is 0 Å². The maximum atomic E-state index is 3.40. The molecule has 2 nitrogen and oxygen atoms in total. The van der Waals surface area contributed by atoms with E-state index >= 15 is 0 Å². The van der Waals surface area contributed by atoms with Gasteiger partial charge in [0.25, 0.3) is 0 Å². The van der Waals surface area contributed by atoms with E-state index in [1.54, 1.807) is 0 Å². The summed E-state index contributed by atoms with van der Waals surface area (Å²) in [6.07, 6.45) is 0. The molecule has 0 aliphatic heterocycles. The van der Waals surface area contributed by atoms with Gasteiger partial charge in [0.15, 0.2) is 0 Å². The van der Waals surface area contributed by atoms with Crippen LogP contribution >= 0.6 is 0 Å². The van der Waals surface area contributed by atoms with Crippen LogP contribution in [-0.4, -0.2) is 0 Å². The van der Waals surface area contributed by atoms with Crippen LogP contribution in [0, 0.1) is 13.8 Å². The van der Waals surface area contributed by atoms with Gasteiger partial charge >= 0.3 is 0 Å². The Morgan fingerprint density at radius 1 is 0.400 bits per heavy atom. The first-order valence-corrected chi connectivity index (χ1v) is 7.46. The van der Waals surface area contributed by atoms with Gasteiger partial charge in [0, 0.05) is 22.7 Å². The zero-order valence-corrected chi connectivity index (χ0v) is 12.9. The van der Waals surface area contributed by atoms with Gasteiger partial charge < -0.3 is 10.6 Å². The number of rotatable bonds is 4. The summed E-state index contributed by atoms with van der Waals surface area (Å²) < 4.78 is 0. The van der Waals surface area contributed by atoms with Gasteiger partial charge in [-0.1, -0.05) is 57.7 Å². The van der Waals surface area contributed by atoms with Crippen LogP contribution in [0.1, 0.15) is 33.4 Å². The molecule has 0 bridgehead atoms. The lowest BCUT2D eigenvalue weighted by molar-refractivity contribution is 1.44. The monoisotopic (exact) mass is 336 g/mol. The summed E-state index contributed by atoms with van der Waals surface area (Å²) >= 11 is 0. The standard InChI is InChI=1S/C20H20N2.3CH4/c1-15-3-7-17(8-4-15)21-19-11-13-20(14-12-19)22-18-9-5-16(2)6-10-18;;;/h3-14,21-22H,1-2H3;3*1H4. The highest BCUT2D eigenvalue weighted by molar-refractivity contribution is 5.66. The Morgan fingerprint density at radius 2 is 0.600 bits per heavy atom. The molecule has 0 unspecified atom stereocenters. The Bertz CT molecular complexity index is 660. The predicted octanol–water partition coefficient (Wildman–Crippen LogP) is 7.70. The third kappa shape index (κ3) is 6.34. The number of aryl methyl sites for hydroxylation is 2. The van der Waals surface area contributed by atoms with E-state index in [0.717, 1.165) is 22.7 Å². The van der Waals surface area contributed by atoms with E-state index in [4.69, 9.17) is 0 Å². The molecule has 0 atom stereocenters. The molecule has 0 heterocycles. The Balaban J connectivity index is 0.00000192. The summed E-state index contributed by atoms with van der Waals surface area (Å²) in [7, 11) is 0. The van der Waals surface area contributed by atoms with Crippen LogP contribution in [-0.2, 0) is 0 Å². The summed E-state index contributed by atoms with van der Waals surface area (Å²) in [5.74, 6) is 0. The molecule has 0 fully saturated rings. The molecule has 0 spiro atoms. The van der Waals surface area contributed by atoms with Gasteiger partial charge in [-0.3, -0.25) is 0 Å². The molecule has 0 aromatic heterocycles. The minimum atomic E-state index is 0. The highest BCUT2D eigenvalue weighted by atomic mass is 14.9. The highest BCUT2D eigenvalue weighted by Crippen LogP contribution is 2.22. The lowest BCUT2D eigenvalue weighted by Gasteiger charge is -2.10. The summed E-state index contributed by atoms with van der Waals surface area (Å²) in [6.45, 7) is 4.19. The lowest BCUT2D eigenvalue weighted by Crippen LogP contribution is -1.92. The third-order valence-corrected chi connectivity index (χ3v) is 3.57. The van der Waals surface area contributed by atoms with E-state index < -0.39 is 0 Å². The van der Waals surface area contributed by atoms with Crippen LogP contribution in [0.5, 0.6) is 0 Å². The topological polar surface area (TPSA) is 24.1 Å². The molecule has 134 valence electrons. The Labute approximate surface area is 153 Å². The van der Waals surface area contributed by atoms with Crippen molar-refractivity contribution in [1.82, 2.24) is 0 Å². The molecule has 3 aromatic rings. The second-order valence-electron chi connectivity index (χ2n) is 5.56. The van der Waals surface area contributed by atoms with Crippen LogP contribution in [0.15, 0.2) is 72.8 Å². The van der Waals surface area contributed by atoms with Crippen LogP contribution in [0.3, 0.4) is 0 Å². The molecule has 0 amide bonds. The van der Waals surface area contributed by atoms with E-state index in [-0.39, 0.29) is 22.3 Å². The van der Waals surface area contributed by atoms with Crippen molar-refractivity contribution < 1.29 is 0 Å². The fourth-order valence-electron chi connectivity index (χ4n) is 2.24. The quantitative estimate of drug-likeness (QED) is 0.510. The average molecular weight is 337 g/mol. The number of anilines is 4. The van der Waals surface area contributed by atoms with Gasteiger partial charge in [0.2, 0.25) is 0 Å². The third-order valence-electron chi connectivity index (χ3n) is 3.57. The summed E-state index contributed by atoms with van der Waals surface area (Å²) in [5.41, 5.74) is 6.90. The zero-order valence-electron chi connectivity index (χ0n) is 12.9. The number of benzene rings is 3. The fraction of sp³-hybridized carbons (Fsp3) is 0.217.